The van der Waals surface area contributed by atoms with Crippen LogP contribution in [0.2, 0.25) is 0 Å². The van der Waals surface area contributed by atoms with Crippen LogP contribution in [0.1, 0.15) is 19.3 Å². The van der Waals surface area contributed by atoms with E-state index in [1.807, 2.05) is 0 Å². The molecule has 18 heavy (non-hydrogen) atoms. The van der Waals surface area contributed by atoms with Gasteiger partial charge in [0.15, 0.2) is 0 Å². The molecule has 0 bridgehead atoms. The van der Waals surface area contributed by atoms with Crippen molar-refractivity contribution in [2.75, 3.05) is 26.3 Å². The van der Waals surface area contributed by atoms with E-state index in [0.29, 0.717) is 0 Å². The Kier molecular flexibility index (Phi) is 4.54. The van der Waals surface area contributed by atoms with E-state index in [1.54, 1.807) is 5.06 Å². The topological polar surface area (TPSA) is 103 Å². The average molecular weight is 263 g/mol. The maximum atomic E-state index is 10.1. The summed E-state index contributed by atoms with van der Waals surface area (Å²) in [5.41, 5.74) is 0. The van der Waals surface area contributed by atoms with Gasteiger partial charge in [-0.2, -0.15) is 5.06 Å². The molecule has 7 heteroatoms. The van der Waals surface area contributed by atoms with E-state index in [9.17, 15) is 15.3 Å². The minimum Gasteiger partial charge on any atom is -0.394 e. The first-order valence-corrected chi connectivity index (χ1v) is 6.32. The summed E-state index contributed by atoms with van der Waals surface area (Å²) in [6.45, 7) is 0.822. The number of hydrogen-bond acceptors (Lipinski definition) is 7. The monoisotopic (exact) mass is 263 g/mol. The van der Waals surface area contributed by atoms with Crippen molar-refractivity contribution >= 4 is 0 Å². The lowest BCUT2D eigenvalue weighted by atomic mass is 10.1. The number of hydroxylamine groups is 2. The van der Waals surface area contributed by atoms with Gasteiger partial charge in [-0.3, -0.25) is 4.84 Å². The summed E-state index contributed by atoms with van der Waals surface area (Å²) in [5, 5.41) is 40.0. The van der Waals surface area contributed by atoms with Crippen molar-refractivity contribution in [2.45, 2.75) is 43.4 Å². The fraction of sp³-hybridized carbons (Fsp3) is 1.00. The van der Waals surface area contributed by atoms with Crippen molar-refractivity contribution in [1.29, 1.82) is 0 Å². The van der Waals surface area contributed by atoms with Gasteiger partial charge in [-0.25, -0.2) is 0 Å². The van der Waals surface area contributed by atoms with Gasteiger partial charge in [-0.15, -0.1) is 0 Å². The van der Waals surface area contributed by atoms with E-state index in [1.165, 1.54) is 0 Å². The fourth-order valence-corrected chi connectivity index (χ4v) is 2.31. The van der Waals surface area contributed by atoms with E-state index in [0.717, 1.165) is 32.4 Å². The first-order valence-electron chi connectivity index (χ1n) is 6.32. The zero-order valence-corrected chi connectivity index (χ0v) is 10.2. The second kappa shape index (κ2) is 5.79. The van der Waals surface area contributed by atoms with Crippen molar-refractivity contribution in [3.05, 3.63) is 0 Å². The number of rotatable bonds is 4. The summed E-state index contributed by atoms with van der Waals surface area (Å²) < 4.78 is 5.07. The highest BCUT2D eigenvalue weighted by molar-refractivity contribution is 4.95. The van der Waals surface area contributed by atoms with Gasteiger partial charge in [0.05, 0.1) is 6.61 Å². The van der Waals surface area contributed by atoms with Crippen LogP contribution in [0.15, 0.2) is 0 Å². The van der Waals surface area contributed by atoms with Crippen LogP contribution >= 0.6 is 0 Å². The first-order chi connectivity index (χ1) is 8.57. The van der Waals surface area contributed by atoms with Gasteiger partial charge >= 0.3 is 0 Å². The Bertz CT molecular complexity index is 272. The minimum atomic E-state index is -1.97. The molecule has 106 valence electrons. The quantitative estimate of drug-likeness (QED) is 0.475. The summed E-state index contributed by atoms with van der Waals surface area (Å²) in [7, 11) is 0. The Balaban J connectivity index is 1.87. The largest absolute Gasteiger partial charge is 0.394 e. The maximum Gasteiger partial charge on any atom is 0.221 e. The van der Waals surface area contributed by atoms with Crippen LogP contribution in [-0.4, -0.2) is 75.9 Å². The zero-order chi connectivity index (χ0) is 13.2. The molecule has 2 rings (SSSR count). The lowest BCUT2D eigenvalue weighted by Crippen LogP contribution is -2.48. The molecule has 0 aromatic heterocycles. The Morgan fingerprint density at radius 2 is 1.89 bits per heavy atom. The number of aliphatic hydroxyl groups is 4. The maximum absolute atomic E-state index is 10.1. The first kappa shape index (κ1) is 14.1. The minimum absolute atomic E-state index is 0.262. The summed E-state index contributed by atoms with van der Waals surface area (Å²) in [6, 6.07) is 0. The van der Waals surface area contributed by atoms with Crippen LogP contribution in [0.4, 0.5) is 0 Å². The number of piperidine rings is 1. The lowest BCUT2D eigenvalue weighted by Gasteiger charge is -2.31. The zero-order valence-electron chi connectivity index (χ0n) is 10.2. The molecule has 4 N–H and O–H groups in total. The molecule has 2 saturated heterocycles. The number of hydrogen-bond donors (Lipinski definition) is 4. The molecule has 0 spiro atoms. The van der Waals surface area contributed by atoms with Crippen molar-refractivity contribution < 1.29 is 30.0 Å². The van der Waals surface area contributed by atoms with Crippen molar-refractivity contribution in [1.82, 2.24) is 5.06 Å². The van der Waals surface area contributed by atoms with Crippen LogP contribution in [0.25, 0.3) is 0 Å². The predicted octanol–water partition coefficient (Wildman–Crippen LogP) is -1.79. The van der Waals surface area contributed by atoms with Gasteiger partial charge in [-0.1, -0.05) is 6.42 Å². The smallest absolute Gasteiger partial charge is 0.221 e. The van der Waals surface area contributed by atoms with Gasteiger partial charge in [0.1, 0.15) is 24.9 Å². The molecule has 0 unspecified atom stereocenters. The molecule has 4 atom stereocenters. The molecule has 0 aromatic rings. The second-order valence-corrected chi connectivity index (χ2v) is 4.88. The number of nitrogens with zero attached hydrogens (tertiary/aromatic N) is 1. The van der Waals surface area contributed by atoms with Crippen LogP contribution in [-0.2, 0) is 9.57 Å². The van der Waals surface area contributed by atoms with E-state index in [2.05, 4.69) is 0 Å². The molecule has 2 aliphatic rings. The molecule has 2 aliphatic heterocycles. The van der Waals surface area contributed by atoms with E-state index in [-0.39, 0.29) is 6.61 Å². The molecule has 2 heterocycles. The fourth-order valence-electron chi connectivity index (χ4n) is 2.31. The Morgan fingerprint density at radius 3 is 2.44 bits per heavy atom. The SMILES string of the molecule is OC[C@@H]1O[C@](O)(CON2CCCCC2)[C@@H](O)[C@@H]1O. The summed E-state index contributed by atoms with van der Waals surface area (Å²) in [5.74, 6) is -1.97. The van der Waals surface area contributed by atoms with Gasteiger partial charge in [-0.05, 0) is 12.8 Å². The summed E-state index contributed by atoms with van der Waals surface area (Å²) in [6.07, 6.45) is -0.568. The van der Waals surface area contributed by atoms with Gasteiger partial charge in [0.2, 0.25) is 5.79 Å². The van der Waals surface area contributed by atoms with E-state index in [4.69, 9.17) is 14.7 Å². The number of ether oxygens (including phenoxy) is 1. The average Bonchev–Trinajstić information content (AvgIpc) is 2.63. The molecule has 0 radical (unpaired) electrons. The molecule has 0 aliphatic carbocycles. The summed E-state index contributed by atoms with van der Waals surface area (Å²) >= 11 is 0. The standard InChI is InChI=1S/C11H21NO6/c13-6-8-9(14)10(15)11(16,18-8)7-17-12-4-2-1-3-5-12/h8-10,13-16H,1-7H2/t8-,9+,10-,11+/m0/s1. The highest BCUT2D eigenvalue weighted by Gasteiger charge is 2.53. The van der Waals surface area contributed by atoms with Crippen LogP contribution in [0, 0.1) is 0 Å². The molecular weight excluding hydrogens is 242 g/mol. The van der Waals surface area contributed by atoms with Crippen LogP contribution < -0.4 is 0 Å². The lowest BCUT2D eigenvalue weighted by molar-refractivity contribution is -0.298. The summed E-state index contributed by atoms with van der Waals surface area (Å²) in [4.78, 5) is 5.39. The molecule has 0 amide bonds. The molecular formula is C11H21NO6. The van der Waals surface area contributed by atoms with Crippen molar-refractivity contribution in [2.24, 2.45) is 0 Å². The van der Waals surface area contributed by atoms with E-state index >= 15 is 0 Å². The van der Waals surface area contributed by atoms with Crippen molar-refractivity contribution in [3.63, 3.8) is 0 Å². The van der Waals surface area contributed by atoms with Gasteiger partial charge in [0.25, 0.3) is 0 Å². The third kappa shape index (κ3) is 2.83. The normalized spacial score (nSPS) is 42.3. The Labute approximate surface area is 105 Å². The Hall–Kier alpha value is -0.280. The Morgan fingerprint density at radius 1 is 1.22 bits per heavy atom. The second-order valence-electron chi connectivity index (χ2n) is 4.88. The van der Waals surface area contributed by atoms with Gasteiger partial charge < -0.3 is 25.2 Å². The van der Waals surface area contributed by atoms with Crippen molar-refractivity contribution in [3.8, 4) is 0 Å². The van der Waals surface area contributed by atoms with E-state index < -0.39 is 30.7 Å². The third-order valence-electron chi connectivity index (χ3n) is 3.47. The molecule has 7 nitrogen and oxygen atoms in total. The number of aliphatic hydroxyl groups excluding tert-OH is 3. The predicted molar refractivity (Wildman–Crippen MR) is 60.3 cm³/mol. The van der Waals surface area contributed by atoms with Crippen LogP contribution in [0.5, 0.6) is 0 Å². The highest BCUT2D eigenvalue weighted by Crippen LogP contribution is 2.29. The highest BCUT2D eigenvalue weighted by atomic mass is 16.7. The molecule has 0 saturated carbocycles. The molecule has 0 aromatic carbocycles. The third-order valence-corrected chi connectivity index (χ3v) is 3.47. The van der Waals surface area contributed by atoms with Gasteiger partial charge in [0, 0.05) is 13.1 Å². The molecule has 2 fully saturated rings. The van der Waals surface area contributed by atoms with Crippen LogP contribution in [0.3, 0.4) is 0 Å².